The molecule has 5 nitrogen and oxygen atoms in total. The summed E-state index contributed by atoms with van der Waals surface area (Å²) < 4.78 is 0. The van der Waals surface area contributed by atoms with Crippen LogP contribution in [0.3, 0.4) is 0 Å². The molecule has 0 unspecified atom stereocenters. The van der Waals surface area contributed by atoms with E-state index >= 15 is 0 Å². The smallest absolute Gasteiger partial charge is 0.228 e. The molecule has 2 rings (SSSR count). The Balaban J connectivity index is 1.97. The van der Waals surface area contributed by atoms with Crippen LogP contribution in [-0.4, -0.2) is 97.5 Å². The van der Waals surface area contributed by atoms with Crippen LogP contribution in [-0.2, 0) is 4.79 Å². The van der Waals surface area contributed by atoms with Crippen molar-refractivity contribution >= 4 is 5.91 Å². The van der Waals surface area contributed by atoms with E-state index in [2.05, 4.69) is 61.4 Å². The summed E-state index contributed by atoms with van der Waals surface area (Å²) in [6.07, 6.45) is 0.912. The molecule has 5 heteroatoms. The highest BCUT2D eigenvalue weighted by Gasteiger charge is 2.40. The van der Waals surface area contributed by atoms with Crippen molar-refractivity contribution in [2.45, 2.75) is 39.7 Å². The first-order valence-corrected chi connectivity index (χ1v) is 9.03. The molecule has 0 bridgehead atoms. The highest BCUT2D eigenvalue weighted by molar-refractivity contribution is 5.82. The Morgan fingerprint density at radius 3 is 1.70 bits per heavy atom. The molecule has 0 atom stereocenters. The number of amides is 1. The van der Waals surface area contributed by atoms with Crippen molar-refractivity contribution in [3.05, 3.63) is 0 Å². The predicted molar refractivity (Wildman–Crippen MR) is 95.6 cm³/mol. The van der Waals surface area contributed by atoms with Crippen LogP contribution >= 0.6 is 0 Å². The van der Waals surface area contributed by atoms with Gasteiger partial charge in [0.1, 0.15) is 0 Å². The molecule has 2 heterocycles. The van der Waals surface area contributed by atoms with Gasteiger partial charge in [0.05, 0.1) is 0 Å². The molecule has 0 saturated carbocycles. The Hall–Kier alpha value is -0.650. The van der Waals surface area contributed by atoms with Crippen molar-refractivity contribution in [3.8, 4) is 0 Å². The maximum Gasteiger partial charge on any atom is 0.228 e. The zero-order valence-electron chi connectivity index (χ0n) is 16.1. The third kappa shape index (κ3) is 4.68. The average molecular weight is 325 g/mol. The van der Waals surface area contributed by atoms with Gasteiger partial charge in [0.25, 0.3) is 0 Å². The largest absolute Gasteiger partial charge is 0.340 e. The first-order valence-electron chi connectivity index (χ1n) is 9.03. The van der Waals surface area contributed by atoms with Crippen molar-refractivity contribution in [3.63, 3.8) is 0 Å². The summed E-state index contributed by atoms with van der Waals surface area (Å²) in [6, 6.07) is 0. The second-order valence-corrected chi connectivity index (χ2v) is 8.76. The van der Waals surface area contributed by atoms with E-state index in [1.807, 2.05) is 0 Å². The van der Waals surface area contributed by atoms with Gasteiger partial charge in [-0.1, -0.05) is 13.8 Å². The van der Waals surface area contributed by atoms with E-state index in [9.17, 15) is 4.79 Å². The number of hydrogen-bond acceptors (Lipinski definition) is 4. The van der Waals surface area contributed by atoms with Crippen molar-refractivity contribution in [2.24, 2.45) is 5.41 Å². The minimum absolute atomic E-state index is 0.0625. The first-order chi connectivity index (χ1) is 10.6. The molecule has 1 amide bonds. The van der Waals surface area contributed by atoms with E-state index in [4.69, 9.17) is 0 Å². The minimum atomic E-state index is -0.303. The van der Waals surface area contributed by atoms with Gasteiger partial charge in [-0.3, -0.25) is 9.69 Å². The fourth-order valence-corrected chi connectivity index (χ4v) is 4.12. The van der Waals surface area contributed by atoms with Crippen LogP contribution in [0.15, 0.2) is 0 Å². The number of likely N-dealkylation sites (N-methyl/N-ethyl adjacent to an activating group) is 2. The molecule has 2 fully saturated rings. The third-order valence-electron chi connectivity index (χ3n) is 5.60. The standard InChI is InChI=1S/C18H36N4O/c1-17(2,16(23)21-11-7-19(5)8-12-21)15-18(3,4)22-13-9-20(6)10-14-22/h7-15H2,1-6H3. The molecule has 134 valence electrons. The lowest BCUT2D eigenvalue weighted by Gasteiger charge is -2.47. The summed E-state index contributed by atoms with van der Waals surface area (Å²) in [5.74, 6) is 0.327. The van der Waals surface area contributed by atoms with E-state index in [0.717, 1.165) is 58.8 Å². The third-order valence-corrected chi connectivity index (χ3v) is 5.60. The van der Waals surface area contributed by atoms with Crippen molar-refractivity contribution in [2.75, 3.05) is 66.5 Å². The lowest BCUT2D eigenvalue weighted by atomic mass is 9.77. The molecule has 23 heavy (non-hydrogen) atoms. The fraction of sp³-hybridized carbons (Fsp3) is 0.944. The molecule has 0 radical (unpaired) electrons. The van der Waals surface area contributed by atoms with Gasteiger partial charge in [0.2, 0.25) is 5.91 Å². The summed E-state index contributed by atoms with van der Waals surface area (Å²) in [7, 11) is 4.31. The second kappa shape index (κ2) is 7.08. The van der Waals surface area contributed by atoms with Crippen LogP contribution in [0, 0.1) is 5.41 Å². The lowest BCUT2D eigenvalue weighted by Crippen LogP contribution is -2.57. The van der Waals surface area contributed by atoms with Gasteiger partial charge in [0.15, 0.2) is 0 Å². The lowest BCUT2D eigenvalue weighted by molar-refractivity contribution is -0.144. The fourth-order valence-electron chi connectivity index (χ4n) is 4.12. The quantitative estimate of drug-likeness (QED) is 0.777. The Morgan fingerprint density at radius 2 is 1.22 bits per heavy atom. The van der Waals surface area contributed by atoms with E-state index in [-0.39, 0.29) is 11.0 Å². The molecule has 2 aliphatic heterocycles. The maximum absolute atomic E-state index is 13.0. The van der Waals surface area contributed by atoms with Crippen molar-refractivity contribution < 1.29 is 4.79 Å². The van der Waals surface area contributed by atoms with Crippen LogP contribution in [0.2, 0.25) is 0 Å². The molecule has 0 aromatic rings. The molecule has 2 saturated heterocycles. The first kappa shape index (κ1) is 18.7. The number of piperazine rings is 2. The predicted octanol–water partition coefficient (Wildman–Crippen LogP) is 1.20. The molecule has 2 aliphatic rings. The van der Waals surface area contributed by atoms with Crippen LogP contribution < -0.4 is 0 Å². The number of carbonyl (C=O) groups is 1. The van der Waals surface area contributed by atoms with Gasteiger partial charge in [-0.25, -0.2) is 0 Å². The van der Waals surface area contributed by atoms with Crippen LogP contribution in [0.4, 0.5) is 0 Å². The van der Waals surface area contributed by atoms with Crippen LogP contribution in [0.1, 0.15) is 34.1 Å². The van der Waals surface area contributed by atoms with Crippen molar-refractivity contribution in [1.82, 2.24) is 19.6 Å². The van der Waals surface area contributed by atoms with Gasteiger partial charge in [-0.05, 0) is 34.4 Å². The van der Waals surface area contributed by atoms with E-state index in [1.165, 1.54) is 0 Å². The van der Waals surface area contributed by atoms with Crippen LogP contribution in [0.5, 0.6) is 0 Å². The Labute approximate surface area is 142 Å². The Morgan fingerprint density at radius 1 is 0.783 bits per heavy atom. The van der Waals surface area contributed by atoms with Gasteiger partial charge < -0.3 is 14.7 Å². The van der Waals surface area contributed by atoms with E-state index in [1.54, 1.807) is 0 Å². The minimum Gasteiger partial charge on any atom is -0.340 e. The summed E-state index contributed by atoms with van der Waals surface area (Å²) in [4.78, 5) is 22.3. The zero-order valence-corrected chi connectivity index (χ0v) is 16.1. The SMILES string of the molecule is CN1CCN(C(=O)C(C)(C)CC(C)(C)N2CCN(C)CC2)CC1. The topological polar surface area (TPSA) is 30.0 Å². The van der Waals surface area contributed by atoms with Gasteiger partial charge in [0, 0.05) is 63.3 Å². The summed E-state index contributed by atoms with van der Waals surface area (Å²) >= 11 is 0. The summed E-state index contributed by atoms with van der Waals surface area (Å²) in [5, 5.41) is 0. The average Bonchev–Trinajstić information content (AvgIpc) is 2.46. The maximum atomic E-state index is 13.0. The highest BCUT2D eigenvalue weighted by atomic mass is 16.2. The second-order valence-electron chi connectivity index (χ2n) is 8.76. The summed E-state index contributed by atoms with van der Waals surface area (Å²) in [6.45, 7) is 17.0. The van der Waals surface area contributed by atoms with E-state index in [0.29, 0.717) is 5.91 Å². The molecule has 0 N–H and O–H groups in total. The Kier molecular flexibility index (Phi) is 5.75. The highest BCUT2D eigenvalue weighted by Crippen LogP contribution is 2.34. The van der Waals surface area contributed by atoms with Gasteiger partial charge in [-0.15, -0.1) is 0 Å². The normalized spacial score (nSPS) is 23.3. The number of rotatable bonds is 4. The Bertz CT molecular complexity index is 405. The molecular weight excluding hydrogens is 288 g/mol. The number of carbonyl (C=O) groups excluding carboxylic acids is 1. The van der Waals surface area contributed by atoms with Gasteiger partial charge >= 0.3 is 0 Å². The van der Waals surface area contributed by atoms with Gasteiger partial charge in [-0.2, -0.15) is 0 Å². The van der Waals surface area contributed by atoms with E-state index < -0.39 is 0 Å². The molecule has 0 aromatic carbocycles. The number of hydrogen-bond donors (Lipinski definition) is 0. The molecule has 0 aromatic heterocycles. The van der Waals surface area contributed by atoms with Crippen LogP contribution in [0.25, 0.3) is 0 Å². The summed E-state index contributed by atoms with van der Waals surface area (Å²) in [5.41, 5.74) is -0.240. The molecule has 0 aliphatic carbocycles. The van der Waals surface area contributed by atoms with Crippen molar-refractivity contribution in [1.29, 1.82) is 0 Å². The zero-order chi connectivity index (χ0) is 17.3. The molecule has 0 spiro atoms. The number of nitrogens with zero attached hydrogens (tertiary/aromatic N) is 4. The molecular formula is C18H36N4O. The monoisotopic (exact) mass is 324 g/mol.